The Labute approximate surface area is 199 Å². The van der Waals surface area contributed by atoms with E-state index in [1.165, 1.54) is 19.4 Å². The van der Waals surface area contributed by atoms with Gasteiger partial charge in [-0.3, -0.25) is 9.69 Å². The molecule has 0 aromatic rings. The third kappa shape index (κ3) is 10.6. The van der Waals surface area contributed by atoms with E-state index in [0.29, 0.717) is 17.9 Å². The molecule has 0 radical (unpaired) electrons. The van der Waals surface area contributed by atoms with Gasteiger partial charge in [-0.15, -0.1) is 24.0 Å². The maximum absolute atomic E-state index is 11.9. The van der Waals surface area contributed by atoms with Crippen LogP contribution in [0.2, 0.25) is 0 Å². The lowest BCUT2D eigenvalue weighted by molar-refractivity contribution is -0.127. The van der Waals surface area contributed by atoms with Crippen molar-refractivity contribution in [3.05, 3.63) is 0 Å². The first-order chi connectivity index (χ1) is 14.1. The van der Waals surface area contributed by atoms with Crippen LogP contribution in [0.25, 0.3) is 0 Å². The number of guanidine groups is 1. The minimum Gasteiger partial charge on any atom is -0.381 e. The van der Waals surface area contributed by atoms with Gasteiger partial charge in [0.2, 0.25) is 5.91 Å². The van der Waals surface area contributed by atoms with Gasteiger partial charge in [0.1, 0.15) is 6.54 Å². The maximum Gasteiger partial charge on any atom is 0.243 e. The van der Waals surface area contributed by atoms with Crippen molar-refractivity contribution < 1.29 is 14.3 Å². The lowest BCUT2D eigenvalue weighted by Gasteiger charge is -2.24. The predicted octanol–water partition coefficient (Wildman–Crippen LogP) is 1.55. The molecule has 0 aromatic carbocycles. The van der Waals surface area contributed by atoms with Crippen molar-refractivity contribution in [2.45, 2.75) is 45.1 Å². The van der Waals surface area contributed by atoms with E-state index >= 15 is 0 Å². The lowest BCUT2D eigenvalue weighted by atomic mass is 10.0. The zero-order valence-corrected chi connectivity index (χ0v) is 21.4. The molecule has 0 saturated carbocycles. The molecule has 2 heterocycles. The topological polar surface area (TPSA) is 78.4 Å². The van der Waals surface area contributed by atoms with Gasteiger partial charge in [-0.05, 0) is 51.1 Å². The summed E-state index contributed by atoms with van der Waals surface area (Å²) in [6.07, 6.45) is 5.59. The standard InChI is InChI=1S/C21H41N5O3.HI/c1-4-26-11-5-7-19(26)15-23-21(24-16-20(27)25(2)3)22-10-6-12-29-17-18-8-13-28-14-9-18;/h18-19H,4-17H2,1-3H3,(H2,22,23,24);1H. The molecule has 176 valence electrons. The molecule has 2 aliphatic heterocycles. The minimum absolute atomic E-state index is 0. The first-order valence-electron chi connectivity index (χ1n) is 11.2. The van der Waals surface area contributed by atoms with Crippen LogP contribution in [-0.4, -0.2) is 101 Å². The molecule has 1 amide bonds. The SMILES string of the molecule is CCN1CCCC1CNC(=NCC(=O)N(C)C)NCCCOCC1CCOCC1.I. The van der Waals surface area contributed by atoms with Crippen LogP contribution in [0.1, 0.15) is 39.0 Å². The third-order valence-corrected chi connectivity index (χ3v) is 5.73. The zero-order chi connectivity index (χ0) is 20.9. The summed E-state index contributed by atoms with van der Waals surface area (Å²) in [6.45, 7) is 9.55. The molecule has 30 heavy (non-hydrogen) atoms. The van der Waals surface area contributed by atoms with E-state index in [9.17, 15) is 4.79 Å². The molecule has 2 fully saturated rings. The van der Waals surface area contributed by atoms with Gasteiger partial charge >= 0.3 is 0 Å². The number of nitrogens with zero attached hydrogens (tertiary/aromatic N) is 3. The fourth-order valence-corrected chi connectivity index (χ4v) is 3.76. The molecule has 2 saturated heterocycles. The Morgan fingerprint density at radius 1 is 1.23 bits per heavy atom. The summed E-state index contributed by atoms with van der Waals surface area (Å²) in [6, 6.07) is 0.541. The molecular weight excluding hydrogens is 497 g/mol. The molecule has 2 aliphatic rings. The van der Waals surface area contributed by atoms with Crippen molar-refractivity contribution in [2.75, 3.05) is 73.2 Å². The van der Waals surface area contributed by atoms with E-state index in [4.69, 9.17) is 9.47 Å². The number of likely N-dealkylation sites (tertiary alicyclic amines) is 1. The molecule has 9 heteroatoms. The Morgan fingerprint density at radius 3 is 2.70 bits per heavy atom. The number of ether oxygens (including phenoxy) is 2. The number of amides is 1. The van der Waals surface area contributed by atoms with Crippen molar-refractivity contribution in [3.8, 4) is 0 Å². The van der Waals surface area contributed by atoms with Gasteiger partial charge in [0.15, 0.2) is 5.96 Å². The molecule has 2 N–H and O–H groups in total. The van der Waals surface area contributed by atoms with Crippen molar-refractivity contribution in [1.82, 2.24) is 20.4 Å². The highest BCUT2D eigenvalue weighted by molar-refractivity contribution is 14.0. The van der Waals surface area contributed by atoms with E-state index in [0.717, 1.165) is 65.3 Å². The number of carbonyl (C=O) groups is 1. The lowest BCUT2D eigenvalue weighted by Crippen LogP contribution is -2.45. The minimum atomic E-state index is 0. The van der Waals surface area contributed by atoms with E-state index in [1.54, 1.807) is 19.0 Å². The Balaban J connectivity index is 0.00000450. The van der Waals surface area contributed by atoms with Gasteiger partial charge in [0.05, 0.1) is 0 Å². The molecule has 1 atom stereocenters. The maximum atomic E-state index is 11.9. The summed E-state index contributed by atoms with van der Waals surface area (Å²) < 4.78 is 11.2. The van der Waals surface area contributed by atoms with Gasteiger partial charge in [-0.25, -0.2) is 4.99 Å². The van der Waals surface area contributed by atoms with Crippen LogP contribution in [0.3, 0.4) is 0 Å². The van der Waals surface area contributed by atoms with E-state index < -0.39 is 0 Å². The molecular formula is C21H42IN5O3. The van der Waals surface area contributed by atoms with Crippen LogP contribution in [0.15, 0.2) is 4.99 Å². The highest BCUT2D eigenvalue weighted by atomic mass is 127. The van der Waals surface area contributed by atoms with E-state index in [1.807, 2.05) is 0 Å². The summed E-state index contributed by atoms with van der Waals surface area (Å²) in [5.74, 6) is 1.36. The monoisotopic (exact) mass is 539 g/mol. The summed E-state index contributed by atoms with van der Waals surface area (Å²) in [5.41, 5.74) is 0. The van der Waals surface area contributed by atoms with Crippen molar-refractivity contribution in [3.63, 3.8) is 0 Å². The van der Waals surface area contributed by atoms with E-state index in [-0.39, 0.29) is 36.4 Å². The summed E-state index contributed by atoms with van der Waals surface area (Å²) in [7, 11) is 3.51. The Bertz CT molecular complexity index is 501. The Hall–Kier alpha value is -0.650. The molecule has 0 aliphatic carbocycles. The van der Waals surface area contributed by atoms with Gasteiger partial charge in [0, 0.05) is 59.7 Å². The normalized spacial score (nSPS) is 20.6. The second-order valence-electron chi connectivity index (χ2n) is 8.17. The van der Waals surface area contributed by atoms with Crippen LogP contribution in [0, 0.1) is 5.92 Å². The van der Waals surface area contributed by atoms with E-state index in [2.05, 4.69) is 27.4 Å². The molecule has 8 nitrogen and oxygen atoms in total. The Morgan fingerprint density at radius 2 is 2.00 bits per heavy atom. The second kappa shape index (κ2) is 16.0. The molecule has 0 bridgehead atoms. The number of halogens is 1. The number of rotatable bonds is 11. The average molecular weight is 540 g/mol. The molecule has 0 spiro atoms. The van der Waals surface area contributed by atoms with Crippen LogP contribution in [0.4, 0.5) is 0 Å². The number of aliphatic imine (C=N–C) groups is 1. The number of hydrogen-bond acceptors (Lipinski definition) is 5. The highest BCUT2D eigenvalue weighted by Crippen LogP contribution is 2.15. The van der Waals surface area contributed by atoms with Crippen LogP contribution < -0.4 is 10.6 Å². The predicted molar refractivity (Wildman–Crippen MR) is 132 cm³/mol. The third-order valence-electron chi connectivity index (χ3n) is 5.73. The van der Waals surface area contributed by atoms with Crippen molar-refractivity contribution >= 4 is 35.8 Å². The first kappa shape index (κ1) is 27.4. The molecule has 0 aromatic heterocycles. The largest absolute Gasteiger partial charge is 0.381 e. The van der Waals surface area contributed by atoms with Gasteiger partial charge in [0.25, 0.3) is 0 Å². The smallest absolute Gasteiger partial charge is 0.243 e. The summed E-state index contributed by atoms with van der Waals surface area (Å²) >= 11 is 0. The second-order valence-corrected chi connectivity index (χ2v) is 8.17. The molecule has 2 rings (SSSR count). The Kier molecular flexibility index (Phi) is 14.6. The zero-order valence-electron chi connectivity index (χ0n) is 19.0. The van der Waals surface area contributed by atoms with Crippen molar-refractivity contribution in [1.29, 1.82) is 0 Å². The summed E-state index contributed by atoms with van der Waals surface area (Å²) in [5, 5.41) is 6.79. The average Bonchev–Trinajstić information content (AvgIpc) is 3.19. The van der Waals surface area contributed by atoms with Gasteiger partial charge in [-0.1, -0.05) is 6.92 Å². The highest BCUT2D eigenvalue weighted by Gasteiger charge is 2.22. The van der Waals surface area contributed by atoms with Crippen LogP contribution in [0.5, 0.6) is 0 Å². The number of carbonyl (C=O) groups excluding carboxylic acids is 1. The number of hydrogen-bond donors (Lipinski definition) is 2. The van der Waals surface area contributed by atoms with Crippen LogP contribution in [-0.2, 0) is 14.3 Å². The van der Waals surface area contributed by atoms with Gasteiger partial charge in [-0.2, -0.15) is 0 Å². The van der Waals surface area contributed by atoms with Crippen LogP contribution >= 0.6 is 24.0 Å². The summed E-state index contributed by atoms with van der Waals surface area (Å²) in [4.78, 5) is 20.4. The fraction of sp³-hybridized carbons (Fsp3) is 0.905. The molecule has 1 unspecified atom stereocenters. The fourth-order valence-electron chi connectivity index (χ4n) is 3.76. The quantitative estimate of drug-likeness (QED) is 0.180. The van der Waals surface area contributed by atoms with Crippen molar-refractivity contribution in [2.24, 2.45) is 10.9 Å². The number of likely N-dealkylation sites (N-methyl/N-ethyl adjacent to an activating group) is 2. The first-order valence-corrected chi connectivity index (χ1v) is 11.2. The van der Waals surface area contributed by atoms with Gasteiger partial charge < -0.3 is 25.0 Å². The number of nitrogens with one attached hydrogen (secondary N) is 2.